The molecule has 0 N–H and O–H groups in total. The van der Waals surface area contributed by atoms with Gasteiger partial charge < -0.3 is 0 Å². The number of pyridine rings is 1. The molecule has 1 saturated heterocycles. The van der Waals surface area contributed by atoms with Crippen LogP contribution in [0.4, 0.5) is 0 Å². The quantitative estimate of drug-likeness (QED) is 0.679. The predicted octanol–water partition coefficient (Wildman–Crippen LogP) is 4.96. The molecule has 2 heterocycles. The first-order chi connectivity index (χ1) is 11.4. The van der Waals surface area contributed by atoms with E-state index in [-0.39, 0.29) is 0 Å². The highest BCUT2D eigenvalue weighted by Gasteiger charge is 2.24. The maximum Gasteiger partial charge on any atom is 0.0702 e. The van der Waals surface area contributed by atoms with Crippen LogP contribution in [0.15, 0.2) is 66.9 Å². The summed E-state index contributed by atoms with van der Waals surface area (Å²) in [6.45, 7) is 2.22. The van der Waals surface area contributed by atoms with Crippen LogP contribution in [0.5, 0.6) is 0 Å². The Kier molecular flexibility index (Phi) is 4.08. The van der Waals surface area contributed by atoms with Gasteiger partial charge in [-0.1, -0.05) is 48.9 Å². The Bertz CT molecular complexity index is 782. The van der Waals surface area contributed by atoms with Crippen molar-refractivity contribution in [2.45, 2.75) is 31.8 Å². The Hall–Kier alpha value is -2.19. The number of piperidine rings is 1. The highest BCUT2D eigenvalue weighted by atomic mass is 15.2. The molecule has 23 heavy (non-hydrogen) atoms. The molecule has 1 atom stereocenters. The lowest BCUT2D eigenvalue weighted by molar-refractivity contribution is 0.140. The molecule has 3 aromatic rings. The molecule has 1 aromatic heterocycles. The summed E-state index contributed by atoms with van der Waals surface area (Å²) in [5.74, 6) is 0. The Morgan fingerprint density at radius 1 is 0.957 bits per heavy atom. The largest absolute Gasteiger partial charge is 0.292 e. The number of hydrogen-bond donors (Lipinski definition) is 0. The van der Waals surface area contributed by atoms with Crippen LogP contribution in [0, 0.1) is 0 Å². The van der Waals surface area contributed by atoms with Crippen molar-refractivity contribution in [1.82, 2.24) is 9.88 Å². The van der Waals surface area contributed by atoms with E-state index in [0.29, 0.717) is 6.04 Å². The van der Waals surface area contributed by atoms with Gasteiger partial charge in [-0.15, -0.1) is 0 Å². The van der Waals surface area contributed by atoms with Crippen molar-refractivity contribution in [1.29, 1.82) is 0 Å². The first-order valence-corrected chi connectivity index (χ1v) is 8.53. The third kappa shape index (κ3) is 3.13. The van der Waals surface area contributed by atoms with Crippen LogP contribution in [-0.4, -0.2) is 16.4 Å². The van der Waals surface area contributed by atoms with E-state index in [2.05, 4.69) is 64.5 Å². The van der Waals surface area contributed by atoms with E-state index in [1.807, 2.05) is 12.3 Å². The van der Waals surface area contributed by atoms with Gasteiger partial charge in [-0.2, -0.15) is 0 Å². The molecule has 0 radical (unpaired) electrons. The fraction of sp³-hybridized carbons (Fsp3) is 0.286. The fourth-order valence-electron chi connectivity index (χ4n) is 3.68. The van der Waals surface area contributed by atoms with Gasteiger partial charge in [-0.25, -0.2) is 0 Å². The van der Waals surface area contributed by atoms with Crippen LogP contribution in [0.25, 0.3) is 10.9 Å². The lowest BCUT2D eigenvalue weighted by atomic mass is 9.93. The van der Waals surface area contributed by atoms with Gasteiger partial charge >= 0.3 is 0 Å². The minimum absolute atomic E-state index is 0.522. The van der Waals surface area contributed by atoms with Gasteiger partial charge in [-0.05, 0) is 48.7 Å². The summed E-state index contributed by atoms with van der Waals surface area (Å²) < 4.78 is 0. The third-order valence-corrected chi connectivity index (χ3v) is 4.85. The SMILES string of the molecule is c1ccc(CN2CCCC[C@H]2c2ccc3ncccc3c2)cc1. The minimum atomic E-state index is 0.522. The van der Waals surface area contributed by atoms with Gasteiger partial charge in [-0.3, -0.25) is 9.88 Å². The summed E-state index contributed by atoms with van der Waals surface area (Å²) in [5.41, 5.74) is 3.92. The number of rotatable bonds is 3. The molecule has 116 valence electrons. The third-order valence-electron chi connectivity index (χ3n) is 4.85. The maximum absolute atomic E-state index is 4.44. The summed E-state index contributed by atoms with van der Waals surface area (Å²) >= 11 is 0. The summed E-state index contributed by atoms with van der Waals surface area (Å²) in [6.07, 6.45) is 5.74. The predicted molar refractivity (Wildman–Crippen MR) is 95.2 cm³/mol. The molecular weight excluding hydrogens is 280 g/mol. The zero-order chi connectivity index (χ0) is 15.5. The van der Waals surface area contributed by atoms with E-state index in [1.54, 1.807) is 0 Å². The number of benzene rings is 2. The maximum atomic E-state index is 4.44. The summed E-state index contributed by atoms with van der Waals surface area (Å²) in [7, 11) is 0. The summed E-state index contributed by atoms with van der Waals surface area (Å²) in [5, 5.41) is 1.25. The molecule has 0 unspecified atom stereocenters. The zero-order valence-corrected chi connectivity index (χ0v) is 13.4. The lowest BCUT2D eigenvalue weighted by Gasteiger charge is -2.36. The van der Waals surface area contributed by atoms with Crippen LogP contribution in [0.2, 0.25) is 0 Å². The van der Waals surface area contributed by atoms with E-state index >= 15 is 0 Å². The van der Waals surface area contributed by atoms with Crippen LogP contribution in [0.3, 0.4) is 0 Å². The van der Waals surface area contributed by atoms with Gasteiger partial charge in [0.05, 0.1) is 5.52 Å². The molecule has 1 aliphatic rings. The van der Waals surface area contributed by atoms with Crippen molar-refractivity contribution < 1.29 is 0 Å². The highest BCUT2D eigenvalue weighted by molar-refractivity contribution is 5.79. The first kappa shape index (κ1) is 14.4. The molecule has 0 spiro atoms. The number of nitrogens with zero attached hydrogens (tertiary/aromatic N) is 2. The molecule has 2 aromatic carbocycles. The van der Waals surface area contributed by atoms with Crippen LogP contribution >= 0.6 is 0 Å². The van der Waals surface area contributed by atoms with Crippen LogP contribution < -0.4 is 0 Å². The van der Waals surface area contributed by atoms with E-state index < -0.39 is 0 Å². The monoisotopic (exact) mass is 302 g/mol. The number of fused-ring (bicyclic) bond motifs is 1. The molecule has 4 rings (SSSR count). The number of aromatic nitrogens is 1. The van der Waals surface area contributed by atoms with Crippen LogP contribution in [-0.2, 0) is 6.54 Å². The van der Waals surface area contributed by atoms with Gasteiger partial charge in [0.25, 0.3) is 0 Å². The van der Waals surface area contributed by atoms with Crippen molar-refractivity contribution >= 4 is 10.9 Å². The van der Waals surface area contributed by atoms with Crippen molar-refractivity contribution in [3.8, 4) is 0 Å². The van der Waals surface area contributed by atoms with Crippen molar-refractivity contribution in [2.75, 3.05) is 6.54 Å². The highest BCUT2D eigenvalue weighted by Crippen LogP contribution is 2.33. The minimum Gasteiger partial charge on any atom is -0.292 e. The van der Waals surface area contributed by atoms with E-state index in [1.165, 1.54) is 42.3 Å². The first-order valence-electron chi connectivity index (χ1n) is 8.53. The van der Waals surface area contributed by atoms with Gasteiger partial charge in [0.1, 0.15) is 0 Å². The van der Waals surface area contributed by atoms with Gasteiger partial charge in [0.2, 0.25) is 0 Å². The fourth-order valence-corrected chi connectivity index (χ4v) is 3.68. The topological polar surface area (TPSA) is 16.1 Å². The Labute approximate surface area is 137 Å². The number of hydrogen-bond acceptors (Lipinski definition) is 2. The smallest absolute Gasteiger partial charge is 0.0702 e. The Morgan fingerprint density at radius 3 is 2.78 bits per heavy atom. The molecular formula is C21H22N2. The summed E-state index contributed by atoms with van der Waals surface area (Å²) in [6, 6.07) is 22.3. The second-order valence-electron chi connectivity index (χ2n) is 6.42. The second kappa shape index (κ2) is 6.51. The van der Waals surface area contributed by atoms with Gasteiger partial charge in [0.15, 0.2) is 0 Å². The van der Waals surface area contributed by atoms with Crippen molar-refractivity contribution in [3.63, 3.8) is 0 Å². The molecule has 2 heteroatoms. The molecule has 1 fully saturated rings. The molecule has 0 amide bonds. The molecule has 0 saturated carbocycles. The van der Waals surface area contributed by atoms with Crippen molar-refractivity contribution in [2.24, 2.45) is 0 Å². The molecule has 1 aliphatic heterocycles. The van der Waals surface area contributed by atoms with Gasteiger partial charge in [0, 0.05) is 24.2 Å². The Morgan fingerprint density at radius 2 is 1.87 bits per heavy atom. The van der Waals surface area contributed by atoms with E-state index in [9.17, 15) is 0 Å². The second-order valence-corrected chi connectivity index (χ2v) is 6.42. The average molecular weight is 302 g/mol. The number of likely N-dealkylation sites (tertiary alicyclic amines) is 1. The molecule has 0 bridgehead atoms. The van der Waals surface area contributed by atoms with E-state index in [4.69, 9.17) is 0 Å². The molecule has 2 nitrogen and oxygen atoms in total. The van der Waals surface area contributed by atoms with Crippen LogP contribution in [0.1, 0.15) is 36.4 Å². The normalized spacial score (nSPS) is 19.0. The Balaban J connectivity index is 1.63. The standard InChI is InChI=1S/C21H22N2/c1-2-7-17(8-3-1)16-23-14-5-4-10-21(23)19-11-12-20-18(15-19)9-6-13-22-20/h1-3,6-9,11-13,15,21H,4-5,10,14,16H2/t21-/m0/s1. The van der Waals surface area contributed by atoms with Crippen molar-refractivity contribution in [3.05, 3.63) is 78.0 Å². The lowest BCUT2D eigenvalue weighted by Crippen LogP contribution is -2.32. The molecule has 0 aliphatic carbocycles. The van der Waals surface area contributed by atoms with E-state index in [0.717, 1.165) is 12.1 Å². The zero-order valence-electron chi connectivity index (χ0n) is 13.4. The average Bonchev–Trinajstić information content (AvgIpc) is 2.63. The summed E-state index contributed by atoms with van der Waals surface area (Å²) in [4.78, 5) is 7.08.